The molecule has 14 heteroatoms. The summed E-state index contributed by atoms with van der Waals surface area (Å²) in [7, 11) is -4.14. The number of halogens is 2. The van der Waals surface area contributed by atoms with Gasteiger partial charge in [0.15, 0.2) is 11.9 Å². The Morgan fingerprint density at radius 1 is 1.02 bits per heavy atom. The lowest BCUT2D eigenvalue weighted by Crippen LogP contribution is -2.43. The number of nitrogens with one attached hydrogen (secondary N) is 1. The summed E-state index contributed by atoms with van der Waals surface area (Å²) in [5.74, 6) is 0.202. The van der Waals surface area contributed by atoms with Crippen LogP contribution in [0.2, 0.25) is 5.02 Å². The molecule has 1 saturated heterocycles. The summed E-state index contributed by atoms with van der Waals surface area (Å²) >= 11 is 5.97. The fraction of sp³-hybridized carbons (Fsp3) is 0.462. The van der Waals surface area contributed by atoms with Gasteiger partial charge in [0, 0.05) is 30.6 Å². The molecule has 1 unspecified atom stereocenters. The van der Waals surface area contributed by atoms with Crippen LogP contribution in [0.5, 0.6) is 5.75 Å². The third-order valence-electron chi connectivity index (χ3n) is 8.19. The number of aliphatic hydroxyl groups is 1. The Morgan fingerprint density at radius 2 is 1.60 bits per heavy atom. The van der Waals surface area contributed by atoms with E-state index in [0.29, 0.717) is 17.9 Å². The zero-order chi connectivity index (χ0) is 38.5. The molecule has 4 N–H and O–H groups in total. The number of aliphatic hydroxyl groups excluding tert-OH is 1. The molecule has 2 heterocycles. The average Bonchev–Trinajstić information content (AvgIpc) is 3.35. The van der Waals surface area contributed by atoms with Crippen LogP contribution >= 0.6 is 19.3 Å². The molecule has 11 nitrogen and oxygen atoms in total. The van der Waals surface area contributed by atoms with Gasteiger partial charge in [-0.1, -0.05) is 79.3 Å². The van der Waals surface area contributed by atoms with E-state index in [2.05, 4.69) is 77.8 Å². The first-order valence-electron chi connectivity index (χ1n) is 18.0. The van der Waals surface area contributed by atoms with Crippen molar-refractivity contribution in [1.29, 1.82) is 0 Å². The molecule has 0 bridgehead atoms. The minimum atomic E-state index is -4.14. The number of ketones is 1. The number of carbonyl (C=O) groups is 1. The Hall–Kier alpha value is -3.64. The monoisotopic (exact) mass is 774 g/mol. The second-order valence-corrected chi connectivity index (χ2v) is 14.8. The molecule has 3 rings (SSSR count). The van der Waals surface area contributed by atoms with E-state index in [-0.39, 0.29) is 30.3 Å². The van der Waals surface area contributed by atoms with Crippen molar-refractivity contribution in [3.8, 4) is 5.75 Å². The maximum absolute atomic E-state index is 15.7. The SMILES string of the molecule is CC/C=C\C/C=C\C/C=C\C/C=C\C/C=C\CCCC(=O)CCCNP(=O)(OC[C@H]1O[C@@H](n2ccc(N)nc2=O)[C@](C)(F)[C@@H]1O)Oc1ccc(Cl)cc1. The molecular formula is C39H53ClFN4O7P. The molecule has 0 aliphatic carbocycles. The highest BCUT2D eigenvalue weighted by Crippen LogP contribution is 2.47. The van der Waals surface area contributed by atoms with E-state index < -0.39 is 44.1 Å². The second kappa shape index (κ2) is 23.2. The number of anilines is 1. The van der Waals surface area contributed by atoms with Crippen molar-refractivity contribution in [2.45, 2.75) is 102 Å². The van der Waals surface area contributed by atoms with E-state index in [4.69, 9.17) is 31.1 Å². The number of unbranched alkanes of at least 4 members (excludes halogenated alkanes) is 1. The van der Waals surface area contributed by atoms with Crippen molar-refractivity contribution < 1.29 is 32.6 Å². The number of allylic oxidation sites excluding steroid dienone is 10. The maximum atomic E-state index is 15.7. The van der Waals surface area contributed by atoms with Gasteiger partial charge < -0.3 is 20.1 Å². The minimum absolute atomic E-state index is 0.0559. The van der Waals surface area contributed by atoms with E-state index >= 15 is 4.39 Å². The number of ether oxygens (including phenoxy) is 1. The number of alkyl halides is 1. The summed E-state index contributed by atoms with van der Waals surface area (Å²) < 4.78 is 47.3. The zero-order valence-electron chi connectivity index (χ0n) is 30.5. The molecule has 1 aromatic heterocycles. The lowest BCUT2D eigenvalue weighted by molar-refractivity contribution is -0.119. The number of hydrogen-bond acceptors (Lipinski definition) is 9. The van der Waals surface area contributed by atoms with Gasteiger partial charge in [0.2, 0.25) is 0 Å². The lowest BCUT2D eigenvalue weighted by atomic mass is 9.98. The van der Waals surface area contributed by atoms with Crippen LogP contribution in [0.4, 0.5) is 10.2 Å². The molecule has 0 spiro atoms. The summed E-state index contributed by atoms with van der Waals surface area (Å²) in [5, 5.41) is 13.9. The van der Waals surface area contributed by atoms with Gasteiger partial charge >= 0.3 is 13.4 Å². The fourth-order valence-corrected chi connectivity index (χ4v) is 6.79. The summed E-state index contributed by atoms with van der Waals surface area (Å²) in [4.78, 5) is 28.4. The molecular weight excluding hydrogens is 722 g/mol. The van der Waals surface area contributed by atoms with Crippen LogP contribution in [0.1, 0.15) is 84.3 Å². The Labute approximate surface area is 317 Å². The van der Waals surface area contributed by atoms with Crippen LogP contribution in [0, 0.1) is 0 Å². The summed E-state index contributed by atoms with van der Waals surface area (Å²) in [6, 6.07) is 7.38. The van der Waals surface area contributed by atoms with Gasteiger partial charge in [-0.3, -0.25) is 13.9 Å². The predicted octanol–water partition coefficient (Wildman–Crippen LogP) is 8.53. The molecule has 0 saturated carbocycles. The Bertz CT molecular complexity index is 1680. The zero-order valence-corrected chi connectivity index (χ0v) is 32.2. The van der Waals surface area contributed by atoms with Crippen molar-refractivity contribution >= 4 is 30.9 Å². The summed E-state index contributed by atoms with van der Waals surface area (Å²) in [5.41, 5.74) is 2.24. The van der Waals surface area contributed by atoms with Gasteiger partial charge in [0.25, 0.3) is 0 Å². The Balaban J connectivity index is 1.40. The molecule has 1 fully saturated rings. The highest BCUT2D eigenvalue weighted by Gasteiger charge is 2.55. The first kappa shape index (κ1) is 43.8. The number of Topliss-reactive ketones (excluding diaryl/α,β-unsaturated/α-hetero) is 1. The highest BCUT2D eigenvalue weighted by atomic mass is 35.5. The molecule has 1 aliphatic rings. The predicted molar refractivity (Wildman–Crippen MR) is 209 cm³/mol. The third-order valence-corrected chi connectivity index (χ3v) is 9.99. The van der Waals surface area contributed by atoms with Crippen molar-refractivity contribution in [3.05, 3.63) is 113 Å². The van der Waals surface area contributed by atoms with Gasteiger partial charge in [-0.05, 0) is 88.6 Å². The minimum Gasteiger partial charge on any atom is -0.413 e. The number of nitrogens with zero attached hydrogens (tertiary/aromatic N) is 2. The molecule has 290 valence electrons. The van der Waals surface area contributed by atoms with Crippen molar-refractivity contribution in [2.24, 2.45) is 0 Å². The van der Waals surface area contributed by atoms with Crippen LogP contribution in [-0.4, -0.2) is 51.5 Å². The van der Waals surface area contributed by atoms with Crippen LogP contribution in [0.25, 0.3) is 0 Å². The number of nitrogen functional groups attached to an aromatic ring is 1. The van der Waals surface area contributed by atoms with Gasteiger partial charge in [0.05, 0.1) is 6.61 Å². The van der Waals surface area contributed by atoms with Gasteiger partial charge in [-0.2, -0.15) is 4.98 Å². The van der Waals surface area contributed by atoms with E-state index in [1.807, 2.05) is 0 Å². The van der Waals surface area contributed by atoms with E-state index in [9.17, 15) is 19.3 Å². The van der Waals surface area contributed by atoms with Crippen molar-refractivity contribution in [2.75, 3.05) is 18.9 Å². The fourth-order valence-electron chi connectivity index (χ4n) is 5.28. The lowest BCUT2D eigenvalue weighted by Gasteiger charge is -2.25. The molecule has 0 amide bonds. The molecule has 0 radical (unpaired) electrons. The quantitative estimate of drug-likeness (QED) is 0.0537. The van der Waals surface area contributed by atoms with Crippen LogP contribution in [-0.2, 0) is 18.6 Å². The number of rotatable bonds is 24. The largest absolute Gasteiger partial charge is 0.458 e. The number of benzene rings is 1. The topological polar surface area (TPSA) is 155 Å². The standard InChI is InChI=1S/C39H53ClFN4O7P/c1-3-4-5-6-7-8-9-10-11-12-13-14-15-16-17-18-19-21-32(46)22-20-28-43-53(49,52-33-25-23-31(40)24-26-33)50-30-34-36(47)39(2,41)37(51-34)45-29-27-35(42)44-38(45)48/h4-5,7-8,10-11,13-14,16-17,23-27,29,34,36-37,47H,3,6,9,12,15,18-22,28,30H2,1-2H3,(H,43,49)(H2,42,44,48)/b5-4-,8-7-,11-10-,14-13-,17-16-/t34-,36-,37-,39-,53?/m1/s1. The highest BCUT2D eigenvalue weighted by molar-refractivity contribution is 7.52. The third kappa shape index (κ3) is 15.7. The molecule has 2 aromatic rings. The van der Waals surface area contributed by atoms with Crippen LogP contribution < -0.4 is 21.0 Å². The summed E-state index contributed by atoms with van der Waals surface area (Å²) in [6.45, 7) is 2.76. The van der Waals surface area contributed by atoms with Gasteiger partial charge in [0.1, 0.15) is 29.6 Å². The summed E-state index contributed by atoms with van der Waals surface area (Å²) in [6.07, 6.45) is 25.4. The Morgan fingerprint density at radius 3 is 2.21 bits per heavy atom. The first-order valence-corrected chi connectivity index (χ1v) is 20.0. The van der Waals surface area contributed by atoms with Gasteiger partial charge in [-0.15, -0.1) is 0 Å². The Kier molecular flexibility index (Phi) is 19.2. The number of nitrogens with two attached hydrogens (primary N) is 1. The maximum Gasteiger partial charge on any atom is 0.458 e. The van der Waals surface area contributed by atoms with E-state index in [0.717, 1.165) is 56.4 Å². The number of hydrogen-bond donors (Lipinski definition) is 3. The average molecular weight is 775 g/mol. The van der Waals surface area contributed by atoms with Crippen LogP contribution in [0.15, 0.2) is 102 Å². The van der Waals surface area contributed by atoms with Crippen molar-refractivity contribution in [1.82, 2.24) is 14.6 Å². The molecule has 1 aromatic carbocycles. The first-order chi connectivity index (χ1) is 25.4. The van der Waals surface area contributed by atoms with Crippen molar-refractivity contribution in [3.63, 3.8) is 0 Å². The van der Waals surface area contributed by atoms with Crippen LogP contribution in [0.3, 0.4) is 0 Å². The van der Waals surface area contributed by atoms with E-state index in [1.54, 1.807) is 12.1 Å². The molecule has 53 heavy (non-hydrogen) atoms. The second-order valence-electron chi connectivity index (χ2n) is 12.7. The van der Waals surface area contributed by atoms with Gasteiger partial charge in [-0.25, -0.2) is 18.8 Å². The number of carbonyl (C=O) groups excluding carboxylic acids is 1. The molecule has 1 aliphatic heterocycles. The normalized spacial score (nSPS) is 21.9. The van der Waals surface area contributed by atoms with E-state index in [1.165, 1.54) is 24.4 Å². The molecule has 5 atom stereocenters. The smallest absolute Gasteiger partial charge is 0.413 e. The number of aromatic nitrogens is 2.